The van der Waals surface area contributed by atoms with Crippen LogP contribution in [0.15, 0.2) is 66.7 Å². The number of hydrogen-bond acceptors (Lipinski definition) is 5. The summed E-state index contributed by atoms with van der Waals surface area (Å²) in [5, 5.41) is 14.4. The average Bonchev–Trinajstić information content (AvgIpc) is 2.84. The first-order valence-corrected chi connectivity index (χ1v) is 11.2. The number of nitro benzene ring substituents is 1. The molecule has 1 fully saturated rings. The van der Waals surface area contributed by atoms with Crippen molar-refractivity contribution in [3.8, 4) is 0 Å². The highest BCUT2D eigenvalue weighted by Crippen LogP contribution is 2.30. The molecule has 1 saturated heterocycles. The van der Waals surface area contributed by atoms with Gasteiger partial charge in [-0.05, 0) is 43.3 Å². The summed E-state index contributed by atoms with van der Waals surface area (Å²) in [7, 11) is 0. The number of nitro groups is 1. The molecule has 1 heterocycles. The lowest BCUT2D eigenvalue weighted by Gasteiger charge is -2.36. The van der Waals surface area contributed by atoms with Crippen LogP contribution in [-0.2, 0) is 0 Å². The van der Waals surface area contributed by atoms with Crippen molar-refractivity contribution in [1.82, 2.24) is 4.90 Å². The molecule has 8 nitrogen and oxygen atoms in total. The van der Waals surface area contributed by atoms with Crippen molar-refractivity contribution >= 4 is 40.5 Å². The molecule has 0 spiro atoms. The van der Waals surface area contributed by atoms with Crippen LogP contribution in [0.5, 0.6) is 0 Å². The van der Waals surface area contributed by atoms with E-state index in [0.29, 0.717) is 48.0 Å². The molecule has 34 heavy (non-hydrogen) atoms. The third-order valence-corrected chi connectivity index (χ3v) is 6.10. The largest absolute Gasteiger partial charge is 0.367 e. The SMILES string of the molecule is Cc1ccc(C(=O)Nc2ccc(N3CCN(C(=O)c4ccccc4)CC3)c(Cl)c2)cc1[N+](=O)[O-]. The summed E-state index contributed by atoms with van der Waals surface area (Å²) in [4.78, 5) is 39.8. The van der Waals surface area contributed by atoms with Gasteiger partial charge in [-0.2, -0.15) is 0 Å². The molecule has 0 radical (unpaired) electrons. The van der Waals surface area contributed by atoms with Gasteiger partial charge in [0.1, 0.15) is 0 Å². The summed E-state index contributed by atoms with van der Waals surface area (Å²) in [5.41, 5.74) is 2.55. The zero-order chi connectivity index (χ0) is 24.2. The van der Waals surface area contributed by atoms with E-state index in [9.17, 15) is 19.7 Å². The molecule has 1 aliphatic rings. The van der Waals surface area contributed by atoms with Gasteiger partial charge in [0.15, 0.2) is 0 Å². The van der Waals surface area contributed by atoms with Gasteiger partial charge in [-0.25, -0.2) is 0 Å². The number of nitrogens with one attached hydrogen (secondary N) is 1. The molecule has 0 bridgehead atoms. The van der Waals surface area contributed by atoms with Gasteiger partial charge in [-0.3, -0.25) is 19.7 Å². The number of halogens is 1. The molecule has 0 unspecified atom stereocenters. The van der Waals surface area contributed by atoms with E-state index in [4.69, 9.17) is 11.6 Å². The second-order valence-electron chi connectivity index (χ2n) is 8.02. The lowest BCUT2D eigenvalue weighted by Crippen LogP contribution is -2.48. The molecular formula is C25H23ClN4O4. The predicted octanol–water partition coefficient (Wildman–Crippen LogP) is 4.77. The number of aryl methyl sites for hydroxylation is 1. The minimum absolute atomic E-state index is 0.0146. The summed E-state index contributed by atoms with van der Waals surface area (Å²) in [6.07, 6.45) is 0. The first-order chi connectivity index (χ1) is 16.3. The number of carbonyl (C=O) groups excluding carboxylic acids is 2. The highest BCUT2D eigenvalue weighted by Gasteiger charge is 2.23. The minimum atomic E-state index is -0.509. The zero-order valence-electron chi connectivity index (χ0n) is 18.5. The molecule has 3 aromatic rings. The number of nitrogens with zero attached hydrogens (tertiary/aromatic N) is 3. The van der Waals surface area contributed by atoms with Crippen LogP contribution < -0.4 is 10.2 Å². The molecule has 174 valence electrons. The van der Waals surface area contributed by atoms with Crippen molar-refractivity contribution in [2.75, 3.05) is 36.4 Å². The first-order valence-electron chi connectivity index (χ1n) is 10.8. The number of anilines is 2. The van der Waals surface area contributed by atoms with Crippen LogP contribution in [-0.4, -0.2) is 47.8 Å². The highest BCUT2D eigenvalue weighted by molar-refractivity contribution is 6.33. The topological polar surface area (TPSA) is 95.8 Å². The molecule has 0 saturated carbocycles. The fourth-order valence-corrected chi connectivity index (χ4v) is 4.21. The van der Waals surface area contributed by atoms with Crippen LogP contribution in [0.4, 0.5) is 17.1 Å². The Morgan fingerprint density at radius 1 is 0.941 bits per heavy atom. The van der Waals surface area contributed by atoms with E-state index in [-0.39, 0.29) is 17.2 Å². The molecule has 0 atom stereocenters. The Balaban J connectivity index is 1.40. The highest BCUT2D eigenvalue weighted by atomic mass is 35.5. The number of piperazine rings is 1. The smallest absolute Gasteiger partial charge is 0.273 e. The van der Waals surface area contributed by atoms with Crippen LogP contribution in [0.25, 0.3) is 0 Å². The Bertz CT molecular complexity index is 1240. The van der Waals surface area contributed by atoms with Gasteiger partial charge in [0.2, 0.25) is 0 Å². The van der Waals surface area contributed by atoms with E-state index in [1.165, 1.54) is 6.07 Å². The lowest BCUT2D eigenvalue weighted by molar-refractivity contribution is -0.385. The van der Waals surface area contributed by atoms with Crippen molar-refractivity contribution < 1.29 is 14.5 Å². The maximum Gasteiger partial charge on any atom is 0.273 e. The first kappa shape index (κ1) is 23.3. The van der Waals surface area contributed by atoms with E-state index in [1.807, 2.05) is 41.3 Å². The predicted molar refractivity (Wildman–Crippen MR) is 132 cm³/mol. The van der Waals surface area contributed by atoms with Gasteiger partial charge in [0.25, 0.3) is 17.5 Å². The maximum atomic E-state index is 12.7. The van der Waals surface area contributed by atoms with Crippen LogP contribution in [0.1, 0.15) is 26.3 Å². The lowest BCUT2D eigenvalue weighted by atomic mass is 10.1. The fraction of sp³-hybridized carbons (Fsp3) is 0.200. The van der Waals surface area contributed by atoms with Crippen LogP contribution in [0.3, 0.4) is 0 Å². The molecule has 1 N–H and O–H groups in total. The number of carbonyl (C=O) groups is 2. The van der Waals surface area contributed by atoms with Crippen LogP contribution in [0, 0.1) is 17.0 Å². The molecule has 1 aliphatic heterocycles. The number of amides is 2. The molecule has 0 aromatic heterocycles. The van der Waals surface area contributed by atoms with Crippen LogP contribution >= 0.6 is 11.6 Å². The maximum absolute atomic E-state index is 12.7. The monoisotopic (exact) mass is 478 g/mol. The Kier molecular flexibility index (Phi) is 6.79. The van der Waals surface area contributed by atoms with Crippen LogP contribution in [0.2, 0.25) is 5.02 Å². The zero-order valence-corrected chi connectivity index (χ0v) is 19.3. The molecule has 2 amide bonds. The fourth-order valence-electron chi connectivity index (χ4n) is 3.91. The van der Waals surface area contributed by atoms with Gasteiger partial charge in [-0.1, -0.05) is 35.9 Å². The van der Waals surface area contributed by atoms with Gasteiger partial charge in [0.05, 0.1) is 15.6 Å². The van der Waals surface area contributed by atoms with Crippen molar-refractivity contribution in [2.24, 2.45) is 0 Å². The second-order valence-corrected chi connectivity index (χ2v) is 8.43. The quantitative estimate of drug-likeness (QED) is 0.421. The van der Waals surface area contributed by atoms with E-state index >= 15 is 0 Å². The van der Waals surface area contributed by atoms with E-state index in [1.54, 1.807) is 31.2 Å². The summed E-state index contributed by atoms with van der Waals surface area (Å²) in [5.74, 6) is -0.444. The minimum Gasteiger partial charge on any atom is -0.367 e. The van der Waals surface area contributed by atoms with E-state index < -0.39 is 10.8 Å². The summed E-state index contributed by atoms with van der Waals surface area (Å²) in [6.45, 7) is 4.05. The van der Waals surface area contributed by atoms with E-state index in [0.717, 1.165) is 5.69 Å². The van der Waals surface area contributed by atoms with Crippen molar-refractivity contribution in [1.29, 1.82) is 0 Å². The number of hydrogen-bond donors (Lipinski definition) is 1. The number of rotatable bonds is 5. The third kappa shape index (κ3) is 5.02. The standard InChI is InChI=1S/C25H23ClN4O4/c1-17-7-8-19(15-23(17)30(33)34)24(31)27-20-9-10-22(21(26)16-20)28-11-13-29(14-12-28)25(32)18-5-3-2-4-6-18/h2-10,15-16H,11-14H2,1H3,(H,27,31). The molecule has 3 aromatic carbocycles. The Morgan fingerprint density at radius 2 is 1.65 bits per heavy atom. The van der Waals surface area contributed by atoms with Gasteiger partial charge < -0.3 is 15.1 Å². The second kappa shape index (κ2) is 9.93. The van der Waals surface area contributed by atoms with Crippen molar-refractivity contribution in [2.45, 2.75) is 6.92 Å². The summed E-state index contributed by atoms with van der Waals surface area (Å²) >= 11 is 6.51. The molecule has 9 heteroatoms. The van der Waals surface area contributed by atoms with Crippen molar-refractivity contribution in [3.05, 3.63) is 98.6 Å². The Morgan fingerprint density at radius 3 is 2.29 bits per heavy atom. The van der Waals surface area contributed by atoms with Gasteiger partial charge >= 0.3 is 0 Å². The Hall–Kier alpha value is -3.91. The third-order valence-electron chi connectivity index (χ3n) is 5.80. The van der Waals surface area contributed by atoms with Gasteiger partial charge in [0, 0.05) is 54.6 Å². The molecular weight excluding hydrogens is 456 g/mol. The van der Waals surface area contributed by atoms with E-state index in [2.05, 4.69) is 10.2 Å². The number of benzene rings is 3. The summed E-state index contributed by atoms with van der Waals surface area (Å²) < 4.78 is 0. The summed E-state index contributed by atoms with van der Waals surface area (Å²) in [6, 6.07) is 18.8. The Labute approximate surface area is 201 Å². The average molecular weight is 479 g/mol. The normalized spacial score (nSPS) is 13.5. The van der Waals surface area contributed by atoms with Gasteiger partial charge in [-0.15, -0.1) is 0 Å². The van der Waals surface area contributed by atoms with Crippen molar-refractivity contribution in [3.63, 3.8) is 0 Å². The molecule has 4 rings (SSSR count). The molecule has 0 aliphatic carbocycles.